The van der Waals surface area contributed by atoms with Crippen molar-refractivity contribution in [2.24, 2.45) is 5.41 Å². The van der Waals surface area contributed by atoms with Crippen LogP contribution in [0.3, 0.4) is 0 Å². The summed E-state index contributed by atoms with van der Waals surface area (Å²) >= 11 is 5.89. The maximum absolute atomic E-state index is 11.9. The normalized spacial score (nSPS) is 30.7. The molecule has 13 heteroatoms. The number of halogens is 1. The molecule has 0 radical (unpaired) electrons. The Morgan fingerprint density at radius 1 is 1.52 bits per heavy atom. The Labute approximate surface area is 160 Å². The monoisotopic (exact) mass is 421 g/mol. The van der Waals surface area contributed by atoms with E-state index in [-0.39, 0.29) is 17.7 Å². The number of nitrogen functional groups attached to an aromatic ring is 1. The molecule has 0 spiro atoms. The number of ether oxygens (including phenoxy) is 1. The third kappa shape index (κ3) is 3.56. The largest absolute Gasteiger partial charge is 0.396 e. The smallest absolute Gasteiger partial charge is 0.327 e. The first-order valence-electron chi connectivity index (χ1n) is 8.00. The highest BCUT2D eigenvalue weighted by molar-refractivity contribution is 7.52. The van der Waals surface area contributed by atoms with Gasteiger partial charge in [-0.05, 0) is 11.6 Å². The van der Waals surface area contributed by atoms with Gasteiger partial charge in [0.2, 0.25) is 5.28 Å². The van der Waals surface area contributed by atoms with E-state index in [1.54, 1.807) is 6.92 Å². The van der Waals surface area contributed by atoms with Crippen LogP contribution in [-0.4, -0.2) is 68.9 Å². The van der Waals surface area contributed by atoms with E-state index in [9.17, 15) is 14.8 Å². The van der Waals surface area contributed by atoms with Gasteiger partial charge in [0.1, 0.15) is 17.8 Å². The minimum Gasteiger partial charge on any atom is -0.396 e. The first-order chi connectivity index (χ1) is 12.6. The van der Waals surface area contributed by atoms with E-state index in [4.69, 9.17) is 31.1 Å². The van der Waals surface area contributed by atoms with Gasteiger partial charge in [-0.1, -0.05) is 6.92 Å². The molecule has 3 rings (SSSR count). The fraction of sp³-hybridized carbons (Fsp3) is 0.643. The van der Waals surface area contributed by atoms with Gasteiger partial charge in [-0.3, -0.25) is 9.13 Å². The zero-order valence-corrected chi connectivity index (χ0v) is 16.6. The molecule has 150 valence electrons. The number of hydrogen-bond donors (Lipinski definition) is 3. The van der Waals surface area contributed by atoms with Gasteiger partial charge in [-0.15, -0.1) is 0 Å². The fourth-order valence-electron chi connectivity index (χ4n) is 3.00. The maximum Gasteiger partial charge on any atom is 0.327 e. The number of fused-ring (bicyclic) bond motifs is 1. The molecule has 3 heterocycles. The summed E-state index contributed by atoms with van der Waals surface area (Å²) < 4.78 is 29.4. The van der Waals surface area contributed by atoms with E-state index in [1.807, 2.05) is 0 Å². The second kappa shape index (κ2) is 7.25. The van der Waals surface area contributed by atoms with E-state index in [2.05, 4.69) is 15.0 Å². The number of hydrogen-bond acceptors (Lipinski definition) is 10. The van der Waals surface area contributed by atoms with Gasteiger partial charge < -0.3 is 29.7 Å². The molecule has 0 aromatic carbocycles. The lowest BCUT2D eigenvalue weighted by Crippen LogP contribution is -2.41. The van der Waals surface area contributed by atoms with Crippen LogP contribution in [-0.2, 0) is 18.3 Å². The topological polar surface area (TPSA) is 155 Å². The number of imidazole rings is 1. The van der Waals surface area contributed by atoms with Gasteiger partial charge in [0, 0.05) is 13.8 Å². The molecule has 1 aliphatic heterocycles. The molecule has 4 N–H and O–H groups in total. The summed E-state index contributed by atoms with van der Waals surface area (Å²) in [4.78, 5) is 12.1. The van der Waals surface area contributed by atoms with E-state index in [1.165, 1.54) is 24.7 Å². The summed E-state index contributed by atoms with van der Waals surface area (Å²) in [5, 5.41) is 20.6. The number of aromatic nitrogens is 4. The fourth-order valence-corrected chi connectivity index (χ4v) is 3.69. The van der Waals surface area contributed by atoms with Gasteiger partial charge in [0.05, 0.1) is 31.1 Å². The minimum absolute atomic E-state index is 0.0714. The highest BCUT2D eigenvalue weighted by atomic mass is 35.5. The van der Waals surface area contributed by atoms with Gasteiger partial charge in [0.25, 0.3) is 0 Å². The molecule has 5 atom stereocenters. The summed E-state index contributed by atoms with van der Waals surface area (Å²) in [7, 11) is -2.00. The number of rotatable bonds is 6. The first kappa shape index (κ1) is 20.4. The van der Waals surface area contributed by atoms with Crippen molar-refractivity contribution < 1.29 is 28.6 Å². The van der Waals surface area contributed by atoms with Crippen molar-refractivity contribution >= 4 is 36.2 Å². The molecular formula is C14H21ClN5O6P. The summed E-state index contributed by atoms with van der Waals surface area (Å²) in [6, 6.07) is 0. The van der Waals surface area contributed by atoms with Crippen molar-refractivity contribution in [1.82, 2.24) is 19.5 Å². The van der Waals surface area contributed by atoms with Crippen LogP contribution < -0.4 is 5.73 Å². The van der Waals surface area contributed by atoms with E-state index in [0.29, 0.717) is 11.2 Å². The SMILES string of the molecule is COP(C)(=O)OC[C@H]1O[C@@H](n2cnc3c(N)nc(Cl)nc32)[C@@](C)(CO)C1O. The molecule has 0 aliphatic carbocycles. The van der Waals surface area contributed by atoms with Gasteiger partial charge in [-0.2, -0.15) is 9.97 Å². The van der Waals surface area contributed by atoms with Crippen molar-refractivity contribution in [3.05, 3.63) is 11.6 Å². The Morgan fingerprint density at radius 2 is 2.22 bits per heavy atom. The Hall–Kier alpha value is -1.33. The Bertz CT molecular complexity index is 896. The third-order valence-electron chi connectivity index (χ3n) is 4.72. The number of anilines is 1. The molecule has 0 amide bonds. The molecule has 1 fully saturated rings. The maximum atomic E-state index is 11.9. The molecule has 11 nitrogen and oxygen atoms in total. The quantitative estimate of drug-likeness (QED) is 0.450. The first-order valence-corrected chi connectivity index (χ1v) is 10.4. The number of aliphatic hydroxyl groups excluding tert-OH is 2. The van der Waals surface area contributed by atoms with Crippen LogP contribution in [0, 0.1) is 5.41 Å². The van der Waals surface area contributed by atoms with E-state index in [0.717, 1.165) is 0 Å². The van der Waals surface area contributed by atoms with Crippen LogP contribution in [0.4, 0.5) is 5.82 Å². The van der Waals surface area contributed by atoms with Crippen LogP contribution in [0.15, 0.2) is 6.33 Å². The molecule has 0 bridgehead atoms. The molecule has 0 saturated carbocycles. The zero-order valence-electron chi connectivity index (χ0n) is 14.9. The molecule has 1 aliphatic rings. The number of aliphatic hydroxyl groups is 2. The lowest BCUT2D eigenvalue weighted by Gasteiger charge is -2.31. The number of nitrogens with two attached hydrogens (primary N) is 1. The second-order valence-corrected chi connectivity index (χ2v) is 9.09. The molecule has 27 heavy (non-hydrogen) atoms. The van der Waals surface area contributed by atoms with Crippen LogP contribution in [0.5, 0.6) is 0 Å². The average molecular weight is 422 g/mol. The molecular weight excluding hydrogens is 401 g/mol. The number of nitrogens with zero attached hydrogens (tertiary/aromatic N) is 4. The van der Waals surface area contributed by atoms with Crippen LogP contribution >= 0.6 is 19.2 Å². The molecule has 2 aromatic heterocycles. The summed E-state index contributed by atoms with van der Waals surface area (Å²) in [5.74, 6) is 0.0971. The van der Waals surface area contributed by atoms with Crippen molar-refractivity contribution in [3.63, 3.8) is 0 Å². The molecule has 1 saturated heterocycles. The lowest BCUT2D eigenvalue weighted by atomic mass is 9.83. The van der Waals surface area contributed by atoms with Crippen molar-refractivity contribution in [2.45, 2.75) is 25.4 Å². The van der Waals surface area contributed by atoms with Crippen LogP contribution in [0.1, 0.15) is 13.2 Å². The second-order valence-electron chi connectivity index (χ2n) is 6.59. The summed E-state index contributed by atoms with van der Waals surface area (Å²) in [6.07, 6.45) is -1.44. The molecule has 2 aromatic rings. The highest BCUT2D eigenvalue weighted by Gasteiger charge is 2.54. The Balaban J connectivity index is 1.96. The average Bonchev–Trinajstić information content (AvgIpc) is 3.14. The van der Waals surface area contributed by atoms with Gasteiger partial charge in [-0.25, -0.2) is 4.98 Å². The van der Waals surface area contributed by atoms with Gasteiger partial charge in [0.15, 0.2) is 11.5 Å². The lowest BCUT2D eigenvalue weighted by molar-refractivity contribution is -0.0579. The van der Waals surface area contributed by atoms with Crippen molar-refractivity contribution in [2.75, 3.05) is 32.7 Å². The zero-order chi connectivity index (χ0) is 20.0. The Morgan fingerprint density at radius 3 is 2.85 bits per heavy atom. The standard InChI is InChI=1S/C14H21ClN5O6P/c1-14(5-21)9(22)7(4-25-27(3,23)24-2)26-12(14)20-6-17-8-10(16)18-13(15)19-11(8)20/h6-7,9,12,21-22H,4-5H2,1-3H3,(H2,16,18,19)/t7-,9?,12-,14+,27?/m1/s1. The van der Waals surface area contributed by atoms with Crippen LogP contribution in [0.25, 0.3) is 11.2 Å². The highest BCUT2D eigenvalue weighted by Crippen LogP contribution is 2.48. The minimum atomic E-state index is -3.26. The van der Waals surface area contributed by atoms with E-state index < -0.39 is 38.1 Å². The molecule has 2 unspecified atom stereocenters. The van der Waals surface area contributed by atoms with Crippen molar-refractivity contribution in [1.29, 1.82) is 0 Å². The summed E-state index contributed by atoms with van der Waals surface area (Å²) in [6.45, 7) is 2.35. The van der Waals surface area contributed by atoms with Gasteiger partial charge >= 0.3 is 7.60 Å². The predicted molar refractivity (Wildman–Crippen MR) is 96.3 cm³/mol. The Kier molecular flexibility index (Phi) is 5.48. The van der Waals surface area contributed by atoms with Crippen LogP contribution in [0.2, 0.25) is 5.28 Å². The predicted octanol–water partition coefficient (Wildman–Crippen LogP) is 0.805. The van der Waals surface area contributed by atoms with Crippen molar-refractivity contribution in [3.8, 4) is 0 Å². The third-order valence-corrected chi connectivity index (χ3v) is 6.17. The summed E-state index contributed by atoms with van der Waals surface area (Å²) in [5.41, 5.74) is 5.30. The van der Waals surface area contributed by atoms with E-state index >= 15 is 0 Å².